The van der Waals surface area contributed by atoms with Crippen LogP contribution in [0.15, 0.2) is 33.6 Å². The first kappa shape index (κ1) is 16.3. The van der Waals surface area contributed by atoms with Gasteiger partial charge >= 0.3 is 11.7 Å². The molecule has 2 N–H and O–H groups in total. The number of H-pyrrole nitrogens is 1. The molecule has 140 valence electrons. The number of fused-ring (bicyclic) bond motifs is 1. The van der Waals surface area contributed by atoms with E-state index in [-0.39, 0.29) is 5.69 Å². The van der Waals surface area contributed by atoms with Gasteiger partial charge < -0.3 is 14.4 Å². The third kappa shape index (κ3) is 2.51. The molecular weight excluding hydrogens is 350 g/mol. The van der Waals surface area contributed by atoms with Gasteiger partial charge in [0.1, 0.15) is 11.2 Å². The second-order valence-electron chi connectivity index (χ2n) is 7.35. The lowest BCUT2D eigenvalue weighted by Gasteiger charge is -2.23. The van der Waals surface area contributed by atoms with E-state index in [4.69, 9.17) is 4.74 Å². The van der Waals surface area contributed by atoms with Crippen molar-refractivity contribution in [2.45, 2.75) is 37.1 Å². The standard InChI is InChI=1S/C19H19N3O5/c23-16(24)15-10-13-9-12(11-3-7-26-8-4-11)1-2-14(13)22(15)19(5-6-19)17-20-18(25)27-21-17/h1-2,9-11H,3-8H2,(H,23,24)(H,20,21,25). The van der Waals surface area contributed by atoms with Crippen molar-refractivity contribution in [2.75, 3.05) is 13.2 Å². The van der Waals surface area contributed by atoms with Gasteiger partial charge in [-0.1, -0.05) is 11.2 Å². The molecule has 5 rings (SSSR count). The van der Waals surface area contributed by atoms with E-state index in [0.29, 0.717) is 24.6 Å². The lowest BCUT2D eigenvalue weighted by Crippen LogP contribution is -2.24. The van der Waals surface area contributed by atoms with Crippen LogP contribution in [-0.2, 0) is 10.3 Å². The van der Waals surface area contributed by atoms with Gasteiger partial charge in [-0.15, -0.1) is 0 Å². The number of hydrogen-bond donors (Lipinski definition) is 2. The fraction of sp³-hybridized carbons (Fsp3) is 0.421. The molecule has 0 unspecified atom stereocenters. The zero-order chi connectivity index (χ0) is 18.6. The molecule has 0 spiro atoms. The average molecular weight is 369 g/mol. The number of nitrogens with zero attached hydrogens (tertiary/aromatic N) is 2. The summed E-state index contributed by atoms with van der Waals surface area (Å²) in [5, 5.41) is 14.5. The van der Waals surface area contributed by atoms with Crippen molar-refractivity contribution >= 4 is 16.9 Å². The first-order valence-corrected chi connectivity index (χ1v) is 9.12. The first-order chi connectivity index (χ1) is 13.1. The fourth-order valence-corrected chi connectivity index (χ4v) is 4.25. The van der Waals surface area contributed by atoms with Crippen molar-refractivity contribution < 1.29 is 19.2 Å². The number of aromatic carboxylic acids is 1. The summed E-state index contributed by atoms with van der Waals surface area (Å²) in [6.45, 7) is 1.51. The highest BCUT2D eigenvalue weighted by atomic mass is 16.5. The van der Waals surface area contributed by atoms with Crippen LogP contribution in [0.1, 0.15) is 53.5 Å². The highest BCUT2D eigenvalue weighted by Gasteiger charge is 2.52. The molecule has 1 aliphatic heterocycles. The van der Waals surface area contributed by atoms with Crippen LogP contribution in [0.2, 0.25) is 0 Å². The molecule has 1 aliphatic carbocycles. The van der Waals surface area contributed by atoms with Crippen molar-refractivity contribution in [3.05, 3.63) is 51.9 Å². The molecule has 8 heteroatoms. The number of carboxylic acids is 1. The molecule has 0 amide bonds. The van der Waals surface area contributed by atoms with Gasteiger partial charge in [0, 0.05) is 24.1 Å². The summed E-state index contributed by atoms with van der Waals surface area (Å²) >= 11 is 0. The molecule has 2 aromatic heterocycles. The van der Waals surface area contributed by atoms with E-state index >= 15 is 0 Å². The number of ether oxygens (including phenoxy) is 1. The van der Waals surface area contributed by atoms with Crippen LogP contribution in [0, 0.1) is 0 Å². The van der Waals surface area contributed by atoms with Gasteiger partial charge in [0.25, 0.3) is 0 Å². The van der Waals surface area contributed by atoms with Crippen molar-refractivity contribution in [2.24, 2.45) is 0 Å². The predicted octanol–water partition coefficient (Wildman–Crippen LogP) is 2.45. The minimum Gasteiger partial charge on any atom is -0.477 e. The summed E-state index contributed by atoms with van der Waals surface area (Å²) in [5.74, 6) is -0.829. The lowest BCUT2D eigenvalue weighted by molar-refractivity contribution is 0.0683. The van der Waals surface area contributed by atoms with E-state index in [9.17, 15) is 14.7 Å². The Morgan fingerprint density at radius 1 is 1.26 bits per heavy atom. The monoisotopic (exact) mass is 369 g/mol. The minimum atomic E-state index is -1.00. The average Bonchev–Trinajstić information content (AvgIpc) is 3.19. The minimum absolute atomic E-state index is 0.190. The maximum Gasteiger partial charge on any atom is 0.438 e. The zero-order valence-electron chi connectivity index (χ0n) is 14.6. The maximum atomic E-state index is 11.9. The molecule has 3 aromatic rings. The second kappa shape index (κ2) is 5.82. The van der Waals surface area contributed by atoms with Crippen LogP contribution in [0.4, 0.5) is 0 Å². The number of aromatic nitrogens is 3. The highest BCUT2D eigenvalue weighted by Crippen LogP contribution is 2.50. The summed E-state index contributed by atoms with van der Waals surface area (Å²) in [4.78, 5) is 26.0. The second-order valence-corrected chi connectivity index (χ2v) is 7.35. The van der Waals surface area contributed by atoms with Gasteiger partial charge in [-0.3, -0.25) is 9.51 Å². The van der Waals surface area contributed by atoms with Crippen LogP contribution < -0.4 is 5.76 Å². The molecule has 3 heterocycles. The van der Waals surface area contributed by atoms with E-state index in [1.165, 1.54) is 5.56 Å². The van der Waals surface area contributed by atoms with Crippen LogP contribution in [0.3, 0.4) is 0 Å². The number of benzene rings is 1. The molecule has 1 aromatic carbocycles. The molecule has 27 heavy (non-hydrogen) atoms. The summed E-state index contributed by atoms with van der Waals surface area (Å²) < 4.78 is 11.9. The Labute approximate surface area is 153 Å². The number of aromatic amines is 1. The molecule has 1 saturated heterocycles. The van der Waals surface area contributed by atoms with Crippen LogP contribution in [0.25, 0.3) is 10.9 Å². The number of nitrogens with one attached hydrogen (secondary N) is 1. The largest absolute Gasteiger partial charge is 0.477 e. The van der Waals surface area contributed by atoms with Gasteiger partial charge in [0.2, 0.25) is 0 Å². The highest BCUT2D eigenvalue weighted by molar-refractivity contribution is 5.95. The lowest BCUT2D eigenvalue weighted by atomic mass is 9.91. The number of carboxylic acid groups (broad SMARTS) is 1. The van der Waals surface area contributed by atoms with Gasteiger partial charge in [-0.05, 0) is 55.4 Å². The van der Waals surface area contributed by atoms with Crippen molar-refractivity contribution in [1.82, 2.24) is 14.7 Å². The third-order valence-electron chi connectivity index (χ3n) is 5.77. The van der Waals surface area contributed by atoms with E-state index in [2.05, 4.69) is 26.8 Å². The van der Waals surface area contributed by atoms with E-state index in [0.717, 1.165) is 37.0 Å². The normalized spacial score (nSPS) is 19.4. The summed E-state index contributed by atoms with van der Waals surface area (Å²) in [6, 6.07) is 7.83. The SMILES string of the molecule is O=C(O)c1cc2cc(C3CCOCC3)ccc2n1C1(c2noc(=O)[nH]2)CC1. The Morgan fingerprint density at radius 2 is 2.04 bits per heavy atom. The first-order valence-electron chi connectivity index (χ1n) is 9.12. The Morgan fingerprint density at radius 3 is 2.67 bits per heavy atom. The van der Waals surface area contributed by atoms with Crippen molar-refractivity contribution in [1.29, 1.82) is 0 Å². The topological polar surface area (TPSA) is 110 Å². The number of rotatable bonds is 4. The Kier molecular flexibility index (Phi) is 3.51. The maximum absolute atomic E-state index is 11.9. The van der Waals surface area contributed by atoms with Crippen LogP contribution in [-0.4, -0.2) is 39.0 Å². The van der Waals surface area contributed by atoms with Gasteiger partial charge in [-0.2, -0.15) is 0 Å². The van der Waals surface area contributed by atoms with Gasteiger partial charge in [-0.25, -0.2) is 9.59 Å². The van der Waals surface area contributed by atoms with Gasteiger partial charge in [0.15, 0.2) is 5.82 Å². The molecule has 8 nitrogen and oxygen atoms in total. The number of carbonyl (C=O) groups is 1. The molecular formula is C19H19N3O5. The Bertz CT molecular complexity index is 1080. The summed E-state index contributed by atoms with van der Waals surface area (Å²) in [7, 11) is 0. The predicted molar refractivity (Wildman–Crippen MR) is 95.1 cm³/mol. The molecule has 1 saturated carbocycles. The Hall–Kier alpha value is -2.87. The zero-order valence-corrected chi connectivity index (χ0v) is 14.6. The molecule has 0 bridgehead atoms. The quantitative estimate of drug-likeness (QED) is 0.731. The molecule has 2 fully saturated rings. The van der Waals surface area contributed by atoms with E-state index < -0.39 is 17.3 Å². The molecule has 0 radical (unpaired) electrons. The smallest absolute Gasteiger partial charge is 0.438 e. The van der Waals surface area contributed by atoms with Crippen LogP contribution >= 0.6 is 0 Å². The third-order valence-corrected chi connectivity index (χ3v) is 5.77. The van der Waals surface area contributed by atoms with E-state index in [1.54, 1.807) is 10.6 Å². The number of hydrogen-bond acceptors (Lipinski definition) is 5. The molecule has 2 aliphatic rings. The van der Waals surface area contributed by atoms with Crippen LogP contribution in [0.5, 0.6) is 0 Å². The summed E-state index contributed by atoms with van der Waals surface area (Å²) in [5.41, 5.74) is 1.56. The summed E-state index contributed by atoms with van der Waals surface area (Å²) in [6.07, 6.45) is 3.34. The van der Waals surface area contributed by atoms with E-state index in [1.807, 2.05) is 6.07 Å². The van der Waals surface area contributed by atoms with Crippen molar-refractivity contribution in [3.8, 4) is 0 Å². The molecule has 0 atom stereocenters. The Balaban J connectivity index is 1.66. The van der Waals surface area contributed by atoms with Crippen molar-refractivity contribution in [3.63, 3.8) is 0 Å². The fourth-order valence-electron chi connectivity index (χ4n) is 4.25. The van der Waals surface area contributed by atoms with Gasteiger partial charge in [0.05, 0.1) is 0 Å².